The zero-order valence-electron chi connectivity index (χ0n) is 12.5. The molecule has 3 heterocycles. The monoisotopic (exact) mass is 315 g/mol. The summed E-state index contributed by atoms with van der Waals surface area (Å²) in [6, 6.07) is 7.71. The topological polar surface area (TPSA) is 55.6 Å². The third-order valence-corrected chi connectivity index (χ3v) is 4.17. The van der Waals surface area contributed by atoms with E-state index in [1.807, 2.05) is 47.2 Å². The van der Waals surface area contributed by atoms with Crippen molar-refractivity contribution in [3.8, 4) is 11.4 Å². The molecule has 0 bridgehead atoms. The van der Waals surface area contributed by atoms with Crippen LogP contribution in [0.15, 0.2) is 35.8 Å². The minimum absolute atomic E-state index is 0.0982. The molecule has 0 aliphatic heterocycles. The highest BCUT2D eigenvalue weighted by atomic mass is 32.1. The fourth-order valence-corrected chi connectivity index (χ4v) is 2.98. The van der Waals surface area contributed by atoms with Gasteiger partial charge < -0.3 is 14.5 Å². The van der Waals surface area contributed by atoms with Crippen molar-refractivity contribution in [3.63, 3.8) is 0 Å². The van der Waals surface area contributed by atoms with E-state index < -0.39 is 0 Å². The third-order valence-electron chi connectivity index (χ3n) is 3.39. The molecule has 1 N–H and O–H groups in total. The fourth-order valence-electron chi connectivity index (χ4n) is 2.38. The molecule has 0 spiro atoms. The Kier molecular flexibility index (Phi) is 4.22. The number of aryl methyl sites for hydroxylation is 1. The van der Waals surface area contributed by atoms with E-state index in [-0.39, 0.29) is 5.91 Å². The third kappa shape index (κ3) is 2.75. The normalized spacial score (nSPS) is 11.0. The van der Waals surface area contributed by atoms with Gasteiger partial charge in [0, 0.05) is 25.2 Å². The number of carbonyl (C=O) groups is 1. The molecule has 0 atom stereocenters. The molecule has 1 amide bonds. The van der Waals surface area contributed by atoms with Gasteiger partial charge in [-0.3, -0.25) is 4.79 Å². The van der Waals surface area contributed by atoms with Gasteiger partial charge in [-0.25, -0.2) is 4.98 Å². The second-order valence-corrected chi connectivity index (χ2v) is 5.96. The van der Waals surface area contributed by atoms with Crippen molar-refractivity contribution >= 4 is 22.8 Å². The molecule has 0 radical (unpaired) electrons. The summed E-state index contributed by atoms with van der Waals surface area (Å²) in [7, 11) is 1.61. The second kappa shape index (κ2) is 6.29. The van der Waals surface area contributed by atoms with Crippen LogP contribution >= 0.6 is 11.3 Å². The Bertz CT molecular complexity index is 807. The van der Waals surface area contributed by atoms with Gasteiger partial charge in [0.2, 0.25) is 0 Å². The maximum Gasteiger partial charge on any atom is 0.253 e. The SMILES string of the molecule is COCCNC(=O)c1cc(-c2csc(C)n2)n2ccccc12. The molecule has 0 aromatic carbocycles. The number of fused-ring (bicyclic) bond motifs is 1. The fraction of sp³-hybridized carbons (Fsp3) is 0.250. The molecule has 22 heavy (non-hydrogen) atoms. The Morgan fingerprint density at radius 3 is 3.05 bits per heavy atom. The van der Waals surface area contributed by atoms with Crippen LogP contribution in [0.4, 0.5) is 0 Å². The number of nitrogens with one attached hydrogen (secondary N) is 1. The van der Waals surface area contributed by atoms with E-state index in [1.165, 1.54) is 0 Å². The Morgan fingerprint density at radius 2 is 2.32 bits per heavy atom. The minimum atomic E-state index is -0.0982. The van der Waals surface area contributed by atoms with Gasteiger partial charge in [0.25, 0.3) is 5.91 Å². The van der Waals surface area contributed by atoms with Crippen molar-refractivity contribution in [2.45, 2.75) is 6.92 Å². The molecule has 3 aromatic heterocycles. The molecule has 3 aromatic rings. The first-order valence-electron chi connectivity index (χ1n) is 7.00. The molecule has 0 aliphatic rings. The standard InChI is InChI=1S/C16H17N3O2S/c1-11-18-13(10-22-11)15-9-12(16(20)17-6-8-21-2)14-5-3-4-7-19(14)15/h3-5,7,9-10H,6,8H2,1-2H3,(H,17,20). The van der Waals surface area contributed by atoms with Crippen LogP contribution in [0.5, 0.6) is 0 Å². The maximum absolute atomic E-state index is 12.4. The number of aromatic nitrogens is 2. The van der Waals surface area contributed by atoms with E-state index in [0.29, 0.717) is 18.7 Å². The van der Waals surface area contributed by atoms with E-state index in [4.69, 9.17) is 4.74 Å². The Hall–Kier alpha value is -2.18. The molecule has 3 rings (SSSR count). The summed E-state index contributed by atoms with van der Waals surface area (Å²) in [5.41, 5.74) is 3.34. The molecule has 0 fully saturated rings. The van der Waals surface area contributed by atoms with Gasteiger partial charge in [0.1, 0.15) is 0 Å². The lowest BCUT2D eigenvalue weighted by atomic mass is 10.2. The van der Waals surface area contributed by atoms with Crippen LogP contribution in [0.1, 0.15) is 15.4 Å². The average Bonchev–Trinajstić information content (AvgIpc) is 3.11. The molecule has 0 aliphatic carbocycles. The second-order valence-electron chi connectivity index (χ2n) is 4.90. The number of thiazole rings is 1. The van der Waals surface area contributed by atoms with Crippen molar-refractivity contribution in [3.05, 3.63) is 46.4 Å². The number of hydrogen-bond donors (Lipinski definition) is 1. The number of methoxy groups -OCH3 is 1. The van der Waals surface area contributed by atoms with Crippen LogP contribution in [-0.4, -0.2) is 35.6 Å². The van der Waals surface area contributed by atoms with E-state index in [1.54, 1.807) is 18.4 Å². The molecule has 0 unspecified atom stereocenters. The zero-order chi connectivity index (χ0) is 15.5. The van der Waals surface area contributed by atoms with E-state index in [2.05, 4.69) is 10.3 Å². The largest absolute Gasteiger partial charge is 0.383 e. The summed E-state index contributed by atoms with van der Waals surface area (Å²) < 4.78 is 6.96. The minimum Gasteiger partial charge on any atom is -0.383 e. The molecule has 114 valence electrons. The molecule has 5 nitrogen and oxygen atoms in total. The highest BCUT2D eigenvalue weighted by molar-refractivity contribution is 7.09. The van der Waals surface area contributed by atoms with Crippen molar-refractivity contribution < 1.29 is 9.53 Å². The van der Waals surface area contributed by atoms with Gasteiger partial charge in [0.15, 0.2) is 0 Å². The van der Waals surface area contributed by atoms with Crippen molar-refractivity contribution in [2.75, 3.05) is 20.3 Å². The molecule has 6 heteroatoms. The van der Waals surface area contributed by atoms with Gasteiger partial charge in [-0.15, -0.1) is 11.3 Å². The van der Waals surface area contributed by atoms with E-state index in [0.717, 1.165) is 21.9 Å². The molecule has 0 saturated heterocycles. The maximum atomic E-state index is 12.4. The van der Waals surface area contributed by atoms with E-state index >= 15 is 0 Å². The van der Waals surface area contributed by atoms with Crippen LogP contribution in [0.2, 0.25) is 0 Å². The summed E-state index contributed by atoms with van der Waals surface area (Å²) in [5, 5.41) is 5.88. The first-order valence-corrected chi connectivity index (χ1v) is 7.88. The van der Waals surface area contributed by atoms with Crippen LogP contribution in [0.3, 0.4) is 0 Å². The number of carbonyl (C=O) groups excluding carboxylic acids is 1. The summed E-state index contributed by atoms with van der Waals surface area (Å²) >= 11 is 1.60. The summed E-state index contributed by atoms with van der Waals surface area (Å²) in [4.78, 5) is 16.9. The number of nitrogens with zero attached hydrogens (tertiary/aromatic N) is 2. The van der Waals surface area contributed by atoms with Crippen LogP contribution in [0.25, 0.3) is 16.9 Å². The highest BCUT2D eigenvalue weighted by Crippen LogP contribution is 2.27. The summed E-state index contributed by atoms with van der Waals surface area (Å²) in [6.07, 6.45) is 1.95. The zero-order valence-corrected chi connectivity index (χ0v) is 13.3. The summed E-state index contributed by atoms with van der Waals surface area (Å²) in [6.45, 7) is 2.96. The van der Waals surface area contributed by atoms with Crippen molar-refractivity contribution in [1.29, 1.82) is 0 Å². The Labute approximate surface area is 132 Å². The lowest BCUT2D eigenvalue weighted by molar-refractivity contribution is 0.0939. The van der Waals surface area contributed by atoms with Gasteiger partial charge in [-0.05, 0) is 25.1 Å². The first-order chi connectivity index (χ1) is 10.7. The molecular weight excluding hydrogens is 298 g/mol. The van der Waals surface area contributed by atoms with Gasteiger partial charge in [-0.1, -0.05) is 6.07 Å². The van der Waals surface area contributed by atoms with Gasteiger partial charge in [0.05, 0.1) is 34.1 Å². The number of pyridine rings is 1. The van der Waals surface area contributed by atoms with Crippen LogP contribution in [-0.2, 0) is 4.74 Å². The average molecular weight is 315 g/mol. The number of rotatable bonds is 5. The number of ether oxygens (including phenoxy) is 1. The molecule has 0 saturated carbocycles. The Balaban J connectivity index is 2.02. The van der Waals surface area contributed by atoms with Gasteiger partial charge >= 0.3 is 0 Å². The number of hydrogen-bond acceptors (Lipinski definition) is 4. The lowest BCUT2D eigenvalue weighted by Crippen LogP contribution is -2.26. The van der Waals surface area contributed by atoms with Crippen molar-refractivity contribution in [2.24, 2.45) is 0 Å². The predicted molar refractivity (Wildman–Crippen MR) is 87.5 cm³/mol. The lowest BCUT2D eigenvalue weighted by Gasteiger charge is -2.03. The Morgan fingerprint density at radius 1 is 1.45 bits per heavy atom. The van der Waals surface area contributed by atoms with Gasteiger partial charge in [-0.2, -0.15) is 0 Å². The van der Waals surface area contributed by atoms with E-state index in [9.17, 15) is 4.79 Å². The molecular formula is C16H17N3O2S. The smallest absolute Gasteiger partial charge is 0.253 e. The number of amides is 1. The van der Waals surface area contributed by atoms with Crippen LogP contribution in [0, 0.1) is 6.92 Å². The highest BCUT2D eigenvalue weighted by Gasteiger charge is 2.17. The van der Waals surface area contributed by atoms with Crippen LogP contribution < -0.4 is 5.32 Å². The quantitative estimate of drug-likeness (QED) is 0.737. The first kappa shape index (κ1) is 14.7. The predicted octanol–water partition coefficient (Wildman–Crippen LogP) is 2.75. The van der Waals surface area contributed by atoms with Crippen molar-refractivity contribution in [1.82, 2.24) is 14.7 Å². The summed E-state index contributed by atoms with van der Waals surface area (Å²) in [5.74, 6) is -0.0982.